The summed E-state index contributed by atoms with van der Waals surface area (Å²) in [5.41, 5.74) is 5.60. The highest BCUT2D eigenvalue weighted by Crippen LogP contribution is 2.27. The number of H-pyrrole nitrogens is 1. The number of carbonyl (C=O) groups excluding carboxylic acids is 1. The van der Waals surface area contributed by atoms with Gasteiger partial charge in [0.15, 0.2) is 5.82 Å². The van der Waals surface area contributed by atoms with E-state index in [2.05, 4.69) is 32.7 Å². The van der Waals surface area contributed by atoms with Crippen LogP contribution in [0.15, 0.2) is 48.5 Å². The Bertz CT molecular complexity index is 1050. The van der Waals surface area contributed by atoms with E-state index in [1.54, 1.807) is 23.7 Å². The Labute approximate surface area is 131 Å². The minimum atomic E-state index is -0.548. The number of hydrogen-bond acceptors (Lipinski definition) is 3. The molecule has 23 heavy (non-hydrogen) atoms. The molecule has 6 nitrogen and oxygen atoms in total. The van der Waals surface area contributed by atoms with Crippen molar-refractivity contribution in [3.63, 3.8) is 0 Å². The van der Waals surface area contributed by atoms with Gasteiger partial charge in [-0.3, -0.25) is 10.0 Å². The van der Waals surface area contributed by atoms with Crippen molar-refractivity contribution in [3.05, 3.63) is 54.1 Å². The third-order valence-electron chi connectivity index (χ3n) is 4.04. The predicted octanol–water partition coefficient (Wildman–Crippen LogP) is 2.84. The van der Waals surface area contributed by atoms with Gasteiger partial charge in [0.25, 0.3) is 5.91 Å². The van der Waals surface area contributed by atoms with Crippen LogP contribution in [0.25, 0.3) is 33.5 Å². The standard InChI is InChI=1S/C17H14N4O2/c1-21-14-5-3-2-4-10(14)9-15(21)16-18-12-7-6-11(17(22)20-23)8-13(12)19-16/h2-9,23H,1H3,(H,18,19)(H,20,22). The lowest BCUT2D eigenvalue weighted by Crippen LogP contribution is -2.18. The number of imidazole rings is 1. The molecule has 114 valence electrons. The van der Waals surface area contributed by atoms with E-state index in [1.165, 1.54) is 0 Å². The van der Waals surface area contributed by atoms with Crippen LogP contribution in [0.5, 0.6) is 0 Å². The average Bonchev–Trinajstić information content (AvgIpc) is 3.15. The fourth-order valence-corrected chi connectivity index (χ4v) is 2.85. The van der Waals surface area contributed by atoms with Crippen molar-refractivity contribution in [3.8, 4) is 11.5 Å². The minimum Gasteiger partial charge on any atom is -0.341 e. The summed E-state index contributed by atoms with van der Waals surface area (Å²) in [4.78, 5) is 19.3. The topological polar surface area (TPSA) is 82.9 Å². The summed E-state index contributed by atoms with van der Waals surface area (Å²) in [7, 11) is 2.00. The molecule has 0 saturated carbocycles. The zero-order chi connectivity index (χ0) is 16.0. The van der Waals surface area contributed by atoms with E-state index < -0.39 is 5.91 Å². The molecule has 0 saturated heterocycles. The van der Waals surface area contributed by atoms with Crippen LogP contribution in [0, 0.1) is 0 Å². The quantitative estimate of drug-likeness (QED) is 0.393. The van der Waals surface area contributed by atoms with Gasteiger partial charge in [-0.05, 0) is 30.3 Å². The van der Waals surface area contributed by atoms with Gasteiger partial charge in [0.05, 0.1) is 16.7 Å². The number of nitrogens with one attached hydrogen (secondary N) is 2. The molecule has 0 aliphatic rings. The third-order valence-corrected chi connectivity index (χ3v) is 4.04. The van der Waals surface area contributed by atoms with Crippen LogP contribution < -0.4 is 5.48 Å². The van der Waals surface area contributed by atoms with Gasteiger partial charge >= 0.3 is 0 Å². The number of aromatic amines is 1. The maximum atomic E-state index is 11.5. The number of carbonyl (C=O) groups is 1. The Morgan fingerprint density at radius 2 is 2.04 bits per heavy atom. The van der Waals surface area contributed by atoms with Crippen molar-refractivity contribution in [2.75, 3.05) is 0 Å². The molecule has 0 radical (unpaired) electrons. The van der Waals surface area contributed by atoms with E-state index in [1.807, 2.05) is 19.2 Å². The van der Waals surface area contributed by atoms with E-state index in [9.17, 15) is 4.79 Å². The number of amides is 1. The van der Waals surface area contributed by atoms with Crippen molar-refractivity contribution in [2.24, 2.45) is 7.05 Å². The number of fused-ring (bicyclic) bond motifs is 2. The van der Waals surface area contributed by atoms with Crippen molar-refractivity contribution < 1.29 is 10.0 Å². The molecule has 2 heterocycles. The molecule has 4 aromatic rings. The van der Waals surface area contributed by atoms with Gasteiger partial charge in [-0.15, -0.1) is 0 Å². The Morgan fingerprint density at radius 3 is 2.83 bits per heavy atom. The predicted molar refractivity (Wildman–Crippen MR) is 87.3 cm³/mol. The highest BCUT2D eigenvalue weighted by molar-refractivity contribution is 5.97. The summed E-state index contributed by atoms with van der Waals surface area (Å²) in [5.74, 6) is 0.188. The second kappa shape index (κ2) is 4.96. The summed E-state index contributed by atoms with van der Waals surface area (Å²) >= 11 is 0. The minimum absolute atomic E-state index is 0.368. The van der Waals surface area contributed by atoms with Crippen molar-refractivity contribution in [1.29, 1.82) is 0 Å². The molecular weight excluding hydrogens is 292 g/mol. The Morgan fingerprint density at radius 1 is 1.22 bits per heavy atom. The lowest BCUT2D eigenvalue weighted by molar-refractivity contribution is 0.0706. The maximum Gasteiger partial charge on any atom is 0.274 e. The van der Waals surface area contributed by atoms with E-state index in [4.69, 9.17) is 5.21 Å². The number of hydrogen-bond donors (Lipinski definition) is 3. The molecule has 0 bridgehead atoms. The van der Waals surface area contributed by atoms with Gasteiger partial charge in [-0.1, -0.05) is 18.2 Å². The van der Waals surface area contributed by atoms with Crippen LogP contribution in [-0.2, 0) is 7.05 Å². The fraction of sp³-hybridized carbons (Fsp3) is 0.0588. The number of aromatic nitrogens is 3. The molecule has 0 fully saturated rings. The first-order valence-electron chi connectivity index (χ1n) is 7.16. The fourth-order valence-electron chi connectivity index (χ4n) is 2.85. The summed E-state index contributed by atoms with van der Waals surface area (Å²) in [6.07, 6.45) is 0. The van der Waals surface area contributed by atoms with Gasteiger partial charge in [-0.25, -0.2) is 10.5 Å². The van der Waals surface area contributed by atoms with Crippen molar-refractivity contribution >= 4 is 27.8 Å². The second-order valence-corrected chi connectivity index (χ2v) is 5.41. The third kappa shape index (κ3) is 2.08. The van der Waals surface area contributed by atoms with E-state index in [-0.39, 0.29) is 0 Å². The molecule has 6 heteroatoms. The molecule has 0 atom stereocenters. The Kier molecular flexibility index (Phi) is 2.92. The number of benzene rings is 2. The molecule has 0 aliphatic heterocycles. The molecule has 0 unspecified atom stereocenters. The summed E-state index contributed by atoms with van der Waals surface area (Å²) in [6, 6.07) is 15.3. The van der Waals surface area contributed by atoms with Crippen LogP contribution in [0.2, 0.25) is 0 Å². The van der Waals surface area contributed by atoms with Crippen LogP contribution in [0.3, 0.4) is 0 Å². The number of para-hydroxylation sites is 1. The summed E-state index contributed by atoms with van der Waals surface area (Å²) in [6.45, 7) is 0. The zero-order valence-electron chi connectivity index (χ0n) is 12.4. The van der Waals surface area contributed by atoms with Gasteiger partial charge < -0.3 is 9.55 Å². The first-order valence-corrected chi connectivity index (χ1v) is 7.16. The monoisotopic (exact) mass is 306 g/mol. The normalized spacial score (nSPS) is 11.2. The van der Waals surface area contributed by atoms with Crippen molar-refractivity contribution in [2.45, 2.75) is 0 Å². The van der Waals surface area contributed by atoms with Gasteiger partial charge in [-0.2, -0.15) is 0 Å². The smallest absolute Gasteiger partial charge is 0.274 e. The first-order chi connectivity index (χ1) is 11.2. The number of aryl methyl sites for hydroxylation is 1. The van der Waals surface area contributed by atoms with Crippen LogP contribution in [-0.4, -0.2) is 25.6 Å². The molecule has 4 rings (SSSR count). The molecule has 1 amide bonds. The molecule has 2 aromatic carbocycles. The molecule has 2 aromatic heterocycles. The highest BCUT2D eigenvalue weighted by atomic mass is 16.5. The Hall–Kier alpha value is -3.12. The average molecular weight is 306 g/mol. The van der Waals surface area contributed by atoms with E-state index in [0.29, 0.717) is 5.56 Å². The van der Waals surface area contributed by atoms with E-state index in [0.717, 1.165) is 33.5 Å². The molecular formula is C17H14N4O2. The highest BCUT2D eigenvalue weighted by Gasteiger charge is 2.13. The van der Waals surface area contributed by atoms with Crippen LogP contribution in [0.4, 0.5) is 0 Å². The van der Waals surface area contributed by atoms with Gasteiger partial charge in [0.1, 0.15) is 0 Å². The summed E-state index contributed by atoms with van der Waals surface area (Å²) < 4.78 is 2.08. The largest absolute Gasteiger partial charge is 0.341 e. The molecule has 0 aliphatic carbocycles. The zero-order valence-corrected chi connectivity index (χ0v) is 12.4. The van der Waals surface area contributed by atoms with Gasteiger partial charge in [0, 0.05) is 23.5 Å². The van der Waals surface area contributed by atoms with Crippen LogP contribution >= 0.6 is 0 Å². The molecule has 3 N–H and O–H groups in total. The number of nitrogens with zero attached hydrogens (tertiary/aromatic N) is 2. The first kappa shape index (κ1) is 13.5. The molecule has 0 spiro atoms. The lowest BCUT2D eigenvalue weighted by atomic mass is 10.2. The summed E-state index contributed by atoms with van der Waals surface area (Å²) in [5, 5.41) is 9.88. The maximum absolute atomic E-state index is 11.5. The lowest BCUT2D eigenvalue weighted by Gasteiger charge is -2.00. The SMILES string of the molecule is Cn1c(-c2nc3ccc(C(=O)NO)cc3[nH]2)cc2ccccc21. The van der Waals surface area contributed by atoms with Crippen LogP contribution in [0.1, 0.15) is 10.4 Å². The second-order valence-electron chi connectivity index (χ2n) is 5.41. The number of hydroxylamine groups is 1. The van der Waals surface area contributed by atoms with Gasteiger partial charge in [0.2, 0.25) is 0 Å². The van der Waals surface area contributed by atoms with Crippen molar-refractivity contribution in [1.82, 2.24) is 20.0 Å². The van der Waals surface area contributed by atoms with E-state index >= 15 is 0 Å². The Balaban J connectivity index is 1.88. The number of rotatable bonds is 2.